The second kappa shape index (κ2) is 10.3. The number of pyridine rings is 1. The smallest absolute Gasteiger partial charge is 0.284 e. The Kier molecular flexibility index (Phi) is 6.29. The van der Waals surface area contributed by atoms with E-state index in [0.29, 0.717) is 28.4 Å². The van der Waals surface area contributed by atoms with E-state index in [1.54, 1.807) is 10.9 Å². The summed E-state index contributed by atoms with van der Waals surface area (Å²) in [5, 5.41) is 13.6. The monoisotopic (exact) mass is 547 g/mol. The minimum Gasteiger partial charge on any atom is -0.395 e. The topological polar surface area (TPSA) is 117 Å². The van der Waals surface area contributed by atoms with Crippen molar-refractivity contribution in [3.05, 3.63) is 89.0 Å². The number of aliphatic hydroxyl groups excluding tert-OH is 1. The molecule has 1 fully saturated rings. The van der Waals surface area contributed by atoms with Crippen LogP contribution in [0.15, 0.2) is 77.9 Å². The molecular weight excluding hydrogens is 518 g/mol. The highest BCUT2D eigenvalue weighted by molar-refractivity contribution is 5.95. The number of hydrogen-bond acceptors (Lipinski definition) is 9. The van der Waals surface area contributed by atoms with Crippen LogP contribution in [-0.4, -0.2) is 78.5 Å². The molecule has 0 aliphatic carbocycles. The standard InChI is InChI=1S/C30H29N9O2/c1-20-18-21(9-10-24(20)37-14-12-36(13-15-37)16-17-40)33-30-32-19-23-27(35-30)34-28-22-6-2-3-7-25(22)38(39(28)29(23)41)26-8-4-5-11-31-26/h2-11,18-19,40H,12-17H2,1H3,(H,32,33,35). The molecule has 11 heteroatoms. The highest BCUT2D eigenvalue weighted by Crippen LogP contribution is 2.27. The molecule has 0 bridgehead atoms. The molecule has 0 amide bonds. The fourth-order valence-corrected chi connectivity index (χ4v) is 5.62. The fourth-order valence-electron chi connectivity index (χ4n) is 5.62. The molecule has 1 saturated heterocycles. The largest absolute Gasteiger partial charge is 0.395 e. The maximum Gasteiger partial charge on any atom is 0.284 e. The average Bonchev–Trinajstić information content (AvgIpc) is 3.33. The molecule has 0 radical (unpaired) electrons. The highest BCUT2D eigenvalue weighted by atomic mass is 16.3. The predicted octanol–water partition coefficient (Wildman–Crippen LogP) is 3.14. The summed E-state index contributed by atoms with van der Waals surface area (Å²) in [6, 6.07) is 19.5. The van der Waals surface area contributed by atoms with Gasteiger partial charge < -0.3 is 15.3 Å². The maximum absolute atomic E-state index is 13.8. The number of nitrogens with zero attached hydrogens (tertiary/aromatic N) is 8. The van der Waals surface area contributed by atoms with Gasteiger partial charge >= 0.3 is 0 Å². The summed E-state index contributed by atoms with van der Waals surface area (Å²) in [4.78, 5) is 36.8. The van der Waals surface area contributed by atoms with E-state index in [1.165, 1.54) is 16.4 Å². The lowest BCUT2D eigenvalue weighted by Gasteiger charge is -2.36. The van der Waals surface area contributed by atoms with Crippen molar-refractivity contribution in [1.29, 1.82) is 0 Å². The molecule has 1 aliphatic heterocycles. The van der Waals surface area contributed by atoms with Gasteiger partial charge in [0.05, 0.1) is 12.1 Å². The number of aliphatic hydroxyl groups is 1. The van der Waals surface area contributed by atoms with Gasteiger partial charge in [0.1, 0.15) is 5.39 Å². The molecule has 4 aromatic heterocycles. The maximum atomic E-state index is 13.8. The van der Waals surface area contributed by atoms with E-state index in [2.05, 4.69) is 49.1 Å². The van der Waals surface area contributed by atoms with E-state index < -0.39 is 0 Å². The van der Waals surface area contributed by atoms with Gasteiger partial charge in [0, 0.05) is 61.9 Å². The summed E-state index contributed by atoms with van der Waals surface area (Å²) >= 11 is 0. The van der Waals surface area contributed by atoms with Crippen LogP contribution in [-0.2, 0) is 0 Å². The number of piperazine rings is 1. The first-order valence-electron chi connectivity index (χ1n) is 13.7. The van der Waals surface area contributed by atoms with Crippen LogP contribution in [0.2, 0.25) is 0 Å². The molecular formula is C30H29N9O2. The van der Waals surface area contributed by atoms with E-state index in [-0.39, 0.29) is 12.2 Å². The van der Waals surface area contributed by atoms with Gasteiger partial charge in [0.25, 0.3) is 5.56 Å². The zero-order valence-electron chi connectivity index (χ0n) is 22.6. The molecule has 206 valence electrons. The minimum atomic E-state index is -0.266. The van der Waals surface area contributed by atoms with Gasteiger partial charge in [-0.2, -0.15) is 9.50 Å². The van der Waals surface area contributed by atoms with Crippen molar-refractivity contribution in [1.82, 2.24) is 34.0 Å². The first-order valence-corrected chi connectivity index (χ1v) is 13.7. The summed E-state index contributed by atoms with van der Waals surface area (Å²) in [5.74, 6) is 0.985. The molecule has 0 atom stereocenters. The van der Waals surface area contributed by atoms with Crippen LogP contribution in [0.4, 0.5) is 17.3 Å². The highest BCUT2D eigenvalue weighted by Gasteiger charge is 2.20. The summed E-state index contributed by atoms with van der Waals surface area (Å²) in [7, 11) is 0. The molecule has 1 aliphatic rings. The Hall–Kier alpha value is -4.87. The molecule has 7 rings (SSSR count). The molecule has 2 N–H and O–H groups in total. The number of aryl methyl sites for hydroxylation is 1. The van der Waals surface area contributed by atoms with E-state index in [0.717, 1.165) is 54.9 Å². The molecule has 2 aromatic carbocycles. The van der Waals surface area contributed by atoms with Crippen LogP contribution in [0.1, 0.15) is 5.56 Å². The lowest BCUT2D eigenvalue weighted by molar-refractivity contribution is 0.188. The average molecular weight is 548 g/mol. The second-order valence-electron chi connectivity index (χ2n) is 10.2. The number of fused-ring (bicyclic) bond motifs is 4. The Labute approximate surface area is 235 Å². The van der Waals surface area contributed by atoms with Crippen LogP contribution >= 0.6 is 0 Å². The van der Waals surface area contributed by atoms with Gasteiger partial charge in [-0.25, -0.2) is 19.6 Å². The van der Waals surface area contributed by atoms with Crippen LogP contribution in [0.25, 0.3) is 33.4 Å². The predicted molar refractivity (Wildman–Crippen MR) is 159 cm³/mol. The summed E-state index contributed by atoms with van der Waals surface area (Å²) in [6.45, 7) is 6.73. The number of β-amino-alcohol motifs (C(OH)–C–C–N with tert-alkyl or cyclic N) is 1. The first kappa shape index (κ1) is 25.1. The summed E-state index contributed by atoms with van der Waals surface area (Å²) < 4.78 is 3.32. The van der Waals surface area contributed by atoms with E-state index in [9.17, 15) is 9.90 Å². The van der Waals surface area contributed by atoms with Crippen molar-refractivity contribution in [2.24, 2.45) is 0 Å². The molecule has 0 spiro atoms. The summed E-state index contributed by atoms with van der Waals surface area (Å²) in [5.41, 5.74) is 4.58. The lowest BCUT2D eigenvalue weighted by atomic mass is 10.1. The Morgan fingerprint density at radius 2 is 1.76 bits per heavy atom. The Morgan fingerprint density at radius 1 is 0.927 bits per heavy atom. The van der Waals surface area contributed by atoms with Crippen LogP contribution < -0.4 is 15.8 Å². The molecule has 0 unspecified atom stereocenters. The zero-order chi connectivity index (χ0) is 27.9. The van der Waals surface area contributed by atoms with Crippen molar-refractivity contribution in [2.45, 2.75) is 6.92 Å². The zero-order valence-corrected chi connectivity index (χ0v) is 22.6. The number of nitrogens with one attached hydrogen (secondary N) is 1. The van der Waals surface area contributed by atoms with E-state index in [1.807, 2.05) is 48.5 Å². The Balaban J connectivity index is 1.23. The fraction of sp³-hybridized carbons (Fsp3) is 0.233. The lowest BCUT2D eigenvalue weighted by Crippen LogP contribution is -2.47. The summed E-state index contributed by atoms with van der Waals surface area (Å²) in [6.07, 6.45) is 3.23. The molecule has 41 heavy (non-hydrogen) atoms. The van der Waals surface area contributed by atoms with Crippen molar-refractivity contribution in [3.8, 4) is 5.82 Å². The minimum absolute atomic E-state index is 0.195. The van der Waals surface area contributed by atoms with Crippen molar-refractivity contribution in [3.63, 3.8) is 0 Å². The molecule has 11 nitrogen and oxygen atoms in total. The number of anilines is 3. The molecule has 0 saturated carbocycles. The molecule has 6 aromatic rings. The van der Waals surface area contributed by atoms with Gasteiger partial charge in [-0.15, -0.1) is 0 Å². The third-order valence-electron chi connectivity index (χ3n) is 7.63. The number of benzene rings is 2. The van der Waals surface area contributed by atoms with Crippen molar-refractivity contribution in [2.75, 3.05) is 49.5 Å². The number of para-hydroxylation sites is 1. The number of aromatic nitrogens is 6. The normalized spacial score (nSPS) is 14.3. The van der Waals surface area contributed by atoms with Gasteiger partial charge in [0.2, 0.25) is 5.95 Å². The third kappa shape index (κ3) is 4.45. The Bertz CT molecular complexity index is 1940. The quantitative estimate of drug-likeness (QED) is 0.324. The van der Waals surface area contributed by atoms with Gasteiger partial charge in [-0.05, 0) is 55.0 Å². The van der Waals surface area contributed by atoms with E-state index in [4.69, 9.17) is 4.98 Å². The Morgan fingerprint density at radius 3 is 2.54 bits per heavy atom. The van der Waals surface area contributed by atoms with Gasteiger partial charge in [-0.1, -0.05) is 18.2 Å². The SMILES string of the molecule is Cc1cc(Nc2ncc3c(=O)n4c(nc3n2)c2ccccc2n4-c2ccccn2)ccc1N1CCN(CCO)CC1. The third-order valence-corrected chi connectivity index (χ3v) is 7.63. The number of hydrogen-bond donors (Lipinski definition) is 2. The van der Waals surface area contributed by atoms with Gasteiger partial charge in [0.15, 0.2) is 17.1 Å². The van der Waals surface area contributed by atoms with Crippen molar-refractivity contribution >= 4 is 44.9 Å². The second-order valence-corrected chi connectivity index (χ2v) is 10.2. The van der Waals surface area contributed by atoms with Gasteiger partial charge in [-0.3, -0.25) is 9.69 Å². The first-order chi connectivity index (χ1) is 20.1. The number of rotatable bonds is 6. The molecule has 5 heterocycles. The van der Waals surface area contributed by atoms with Crippen molar-refractivity contribution < 1.29 is 5.11 Å². The van der Waals surface area contributed by atoms with E-state index >= 15 is 0 Å². The van der Waals surface area contributed by atoms with Crippen LogP contribution in [0.5, 0.6) is 0 Å². The van der Waals surface area contributed by atoms with Crippen LogP contribution in [0.3, 0.4) is 0 Å². The van der Waals surface area contributed by atoms with Crippen LogP contribution in [0, 0.1) is 6.92 Å².